The monoisotopic (exact) mass is 641 g/mol. The standard InChI is InChI=1S/C35H41BClN5O2S/c1-24-4-11-28(12-5-24)45-35(34(44)38-14-3-15-41-18-16-40(2)17-19-41)21-32(43)42(23-25-6-8-26(36)9-7-25)33(35)30-22-39-31-20-27(37)10-13-29(30)31/h4-13,20,22,33,39H,3,14-19,21,23,36H2,1-2H3,(H,38,44)/t33-,35-/m0/s1. The number of piperazine rings is 1. The van der Waals surface area contributed by atoms with Crippen molar-refractivity contribution >= 4 is 59.4 Å². The Kier molecular flexibility index (Phi) is 9.61. The van der Waals surface area contributed by atoms with Crippen LogP contribution < -0.4 is 10.8 Å². The summed E-state index contributed by atoms with van der Waals surface area (Å²) in [7, 11) is 4.22. The number of aromatic nitrogens is 1. The molecule has 2 amide bonds. The molecule has 2 aliphatic rings. The summed E-state index contributed by atoms with van der Waals surface area (Å²) in [6.45, 7) is 8.20. The third-order valence-electron chi connectivity index (χ3n) is 9.17. The van der Waals surface area contributed by atoms with Gasteiger partial charge in [0, 0.05) is 71.8 Å². The average molecular weight is 642 g/mol. The second-order valence-electron chi connectivity index (χ2n) is 12.6. The lowest BCUT2D eigenvalue weighted by atomic mass is 9.90. The van der Waals surface area contributed by atoms with Gasteiger partial charge in [-0.05, 0) is 56.8 Å². The molecule has 2 atom stereocenters. The molecule has 3 heterocycles. The van der Waals surface area contributed by atoms with E-state index in [4.69, 9.17) is 11.6 Å². The molecule has 2 N–H and O–H groups in total. The Morgan fingerprint density at radius 1 is 1.07 bits per heavy atom. The zero-order valence-electron chi connectivity index (χ0n) is 26.3. The fourth-order valence-electron chi connectivity index (χ4n) is 6.54. The molecule has 0 aliphatic carbocycles. The molecular formula is C35H41BClN5O2S. The Balaban J connectivity index is 1.36. The molecule has 45 heavy (non-hydrogen) atoms. The van der Waals surface area contributed by atoms with E-state index in [1.807, 2.05) is 29.3 Å². The highest BCUT2D eigenvalue weighted by atomic mass is 35.5. The van der Waals surface area contributed by atoms with Crippen LogP contribution in [0.25, 0.3) is 10.9 Å². The molecule has 10 heteroatoms. The lowest BCUT2D eigenvalue weighted by molar-refractivity contribution is -0.129. The van der Waals surface area contributed by atoms with Crippen molar-refractivity contribution in [1.29, 1.82) is 0 Å². The van der Waals surface area contributed by atoms with Crippen LogP contribution in [0.15, 0.2) is 77.8 Å². The summed E-state index contributed by atoms with van der Waals surface area (Å²) >= 11 is 7.87. The molecule has 2 aliphatic heterocycles. The van der Waals surface area contributed by atoms with Crippen LogP contribution in [0.4, 0.5) is 0 Å². The van der Waals surface area contributed by atoms with Gasteiger partial charge in [-0.15, -0.1) is 11.8 Å². The molecule has 0 spiro atoms. The fraction of sp³-hybridized carbons (Fsp3) is 0.371. The summed E-state index contributed by atoms with van der Waals surface area (Å²) in [4.78, 5) is 39.9. The number of likely N-dealkylation sites (N-methyl/N-ethyl adjacent to an activating group) is 1. The van der Waals surface area contributed by atoms with Crippen molar-refractivity contribution in [3.8, 4) is 0 Å². The maximum atomic E-state index is 14.7. The van der Waals surface area contributed by atoms with Crippen LogP contribution in [0.2, 0.25) is 5.02 Å². The topological polar surface area (TPSA) is 71.7 Å². The summed E-state index contributed by atoms with van der Waals surface area (Å²) in [5, 5.41) is 4.90. The van der Waals surface area contributed by atoms with Gasteiger partial charge in [0.2, 0.25) is 11.8 Å². The first-order chi connectivity index (χ1) is 21.7. The molecule has 1 aromatic heterocycles. The van der Waals surface area contributed by atoms with Gasteiger partial charge >= 0.3 is 0 Å². The molecule has 0 bridgehead atoms. The summed E-state index contributed by atoms with van der Waals surface area (Å²) in [5.74, 6) is -0.129. The first kappa shape index (κ1) is 31.7. The van der Waals surface area contributed by atoms with Crippen LogP contribution in [-0.2, 0) is 16.1 Å². The lowest BCUT2D eigenvalue weighted by Crippen LogP contribution is -2.49. The number of aryl methyl sites for hydroxylation is 1. The molecule has 7 nitrogen and oxygen atoms in total. The predicted octanol–water partition coefficient (Wildman–Crippen LogP) is 4.15. The van der Waals surface area contributed by atoms with E-state index in [9.17, 15) is 9.59 Å². The predicted molar refractivity (Wildman–Crippen MR) is 187 cm³/mol. The van der Waals surface area contributed by atoms with Gasteiger partial charge in [-0.2, -0.15) is 0 Å². The maximum absolute atomic E-state index is 14.7. The molecule has 2 fully saturated rings. The van der Waals surface area contributed by atoms with Gasteiger partial charge in [-0.3, -0.25) is 9.59 Å². The minimum absolute atomic E-state index is 0.0314. The van der Waals surface area contributed by atoms with Gasteiger partial charge in [0.05, 0.1) is 12.5 Å². The summed E-state index contributed by atoms with van der Waals surface area (Å²) in [6, 6.07) is 21.8. The van der Waals surface area contributed by atoms with Crippen LogP contribution in [0.1, 0.15) is 35.6 Å². The van der Waals surface area contributed by atoms with Crippen molar-refractivity contribution in [2.75, 3.05) is 46.3 Å². The number of likely N-dealkylation sites (tertiary alicyclic amines) is 1. The van der Waals surface area contributed by atoms with Crippen molar-refractivity contribution in [2.24, 2.45) is 0 Å². The molecule has 234 valence electrons. The maximum Gasteiger partial charge on any atom is 0.239 e. The Hall–Kier alpha value is -3.24. The number of H-pyrrole nitrogens is 1. The van der Waals surface area contributed by atoms with Gasteiger partial charge in [-0.25, -0.2) is 0 Å². The van der Waals surface area contributed by atoms with E-state index in [1.54, 1.807) is 0 Å². The van der Waals surface area contributed by atoms with Crippen LogP contribution in [0.5, 0.6) is 0 Å². The van der Waals surface area contributed by atoms with Gasteiger partial charge in [0.1, 0.15) is 12.6 Å². The minimum Gasteiger partial charge on any atom is -0.361 e. The SMILES string of the molecule is Bc1ccc(CN2C(=O)C[C@@](Sc3ccc(C)cc3)(C(=O)NCCCN3CCN(C)CC3)[C@@H]2c2c[nH]c3cc(Cl)ccc23)cc1. The molecule has 3 aromatic carbocycles. The number of hydrogen-bond acceptors (Lipinski definition) is 5. The van der Waals surface area contributed by atoms with E-state index in [0.717, 1.165) is 77.1 Å². The van der Waals surface area contributed by atoms with E-state index < -0.39 is 10.8 Å². The third-order valence-corrected chi connectivity index (χ3v) is 10.8. The van der Waals surface area contributed by atoms with Crippen molar-refractivity contribution in [3.63, 3.8) is 0 Å². The highest BCUT2D eigenvalue weighted by Crippen LogP contribution is 2.54. The molecule has 0 unspecified atom stereocenters. The molecule has 4 aromatic rings. The van der Waals surface area contributed by atoms with Crippen molar-refractivity contribution in [3.05, 3.63) is 94.6 Å². The first-order valence-electron chi connectivity index (χ1n) is 15.8. The number of halogens is 1. The number of carbonyl (C=O) groups is 2. The first-order valence-corrected chi connectivity index (χ1v) is 17.0. The summed E-state index contributed by atoms with van der Waals surface area (Å²) in [5.41, 5.74) is 5.15. The second-order valence-corrected chi connectivity index (χ2v) is 14.4. The Morgan fingerprint density at radius 2 is 1.80 bits per heavy atom. The number of thioether (sulfide) groups is 1. The summed E-state index contributed by atoms with van der Waals surface area (Å²) < 4.78 is -1.08. The molecular weight excluding hydrogens is 601 g/mol. The van der Waals surface area contributed by atoms with Crippen molar-refractivity contribution < 1.29 is 9.59 Å². The van der Waals surface area contributed by atoms with Gasteiger partial charge < -0.3 is 25.0 Å². The number of benzene rings is 3. The van der Waals surface area contributed by atoms with Crippen molar-refractivity contribution in [1.82, 2.24) is 25.0 Å². The molecule has 0 saturated carbocycles. The lowest BCUT2D eigenvalue weighted by Gasteiger charge is -2.36. The zero-order chi connectivity index (χ0) is 31.6. The second kappa shape index (κ2) is 13.6. The van der Waals surface area contributed by atoms with Gasteiger partial charge in [0.25, 0.3) is 0 Å². The number of carbonyl (C=O) groups excluding carboxylic acids is 2. The highest BCUT2D eigenvalue weighted by Gasteiger charge is 2.58. The van der Waals surface area contributed by atoms with E-state index in [0.29, 0.717) is 18.1 Å². The number of hydrogen-bond donors (Lipinski definition) is 2. The van der Waals surface area contributed by atoms with Crippen LogP contribution in [0.3, 0.4) is 0 Å². The number of aromatic amines is 1. The molecule has 0 radical (unpaired) electrons. The van der Waals surface area contributed by atoms with E-state index in [2.05, 4.69) is 90.4 Å². The number of nitrogens with zero attached hydrogens (tertiary/aromatic N) is 3. The zero-order valence-corrected chi connectivity index (χ0v) is 27.9. The minimum atomic E-state index is -1.08. The molecule has 6 rings (SSSR count). The van der Waals surface area contributed by atoms with Crippen LogP contribution in [0, 0.1) is 6.92 Å². The third kappa shape index (κ3) is 6.97. The summed E-state index contributed by atoms with van der Waals surface area (Å²) in [6.07, 6.45) is 2.92. The van der Waals surface area contributed by atoms with Gasteiger partial charge in [-0.1, -0.05) is 65.1 Å². The quantitative estimate of drug-likeness (QED) is 0.201. The van der Waals surface area contributed by atoms with E-state index in [-0.39, 0.29) is 18.2 Å². The average Bonchev–Trinajstić information content (AvgIpc) is 3.55. The van der Waals surface area contributed by atoms with E-state index >= 15 is 0 Å². The Labute approximate surface area is 276 Å². The Morgan fingerprint density at radius 3 is 2.53 bits per heavy atom. The highest BCUT2D eigenvalue weighted by molar-refractivity contribution is 8.01. The Bertz CT molecular complexity index is 1660. The van der Waals surface area contributed by atoms with Gasteiger partial charge in [0.15, 0.2) is 0 Å². The number of amides is 2. The largest absolute Gasteiger partial charge is 0.361 e. The van der Waals surface area contributed by atoms with Crippen molar-refractivity contribution in [2.45, 2.75) is 42.0 Å². The normalized spacial score (nSPS) is 21.1. The van der Waals surface area contributed by atoms with Crippen LogP contribution in [-0.4, -0.2) is 90.4 Å². The van der Waals surface area contributed by atoms with E-state index in [1.165, 1.54) is 11.8 Å². The number of rotatable bonds is 10. The van der Waals surface area contributed by atoms with Crippen LogP contribution >= 0.6 is 23.4 Å². The molecule has 2 saturated heterocycles. The number of nitrogens with one attached hydrogen (secondary N) is 2. The smallest absolute Gasteiger partial charge is 0.239 e. The fourth-order valence-corrected chi connectivity index (χ4v) is 8.13. The number of fused-ring (bicyclic) bond motifs is 1.